The fourth-order valence-corrected chi connectivity index (χ4v) is 1.16. The quantitative estimate of drug-likeness (QED) is 0.799. The summed E-state index contributed by atoms with van der Waals surface area (Å²) in [5.74, 6) is 1.08. The first kappa shape index (κ1) is 10.7. The Bertz CT molecular complexity index is 573. The van der Waals surface area contributed by atoms with Crippen LogP contribution in [0.15, 0.2) is 30.5 Å². The molecule has 0 aliphatic rings. The lowest BCUT2D eigenvalue weighted by Crippen LogP contribution is -2.01. The van der Waals surface area contributed by atoms with Crippen LogP contribution in [0, 0.1) is 11.3 Å². The van der Waals surface area contributed by atoms with Gasteiger partial charge in [0.25, 0.3) is 0 Å². The maximum Gasteiger partial charge on any atom is 0.239 e. The molecule has 1 heterocycles. The molecular weight excluding hydrogens is 218 g/mol. The fraction of sp³-hybridized carbons (Fsp3) is 0. The zero-order valence-electron chi connectivity index (χ0n) is 8.79. The summed E-state index contributed by atoms with van der Waals surface area (Å²) < 4.78 is 5.40. The standard InChI is InChI=1S/C11H9N5O/c12-5-7-1-3-8(4-2-7)17-9-6-15-10(13)11(14)16-9/h1-4,6H,(H2,13,15)(H2,14,16). The molecule has 0 saturated heterocycles. The van der Waals surface area contributed by atoms with Crippen molar-refractivity contribution in [3.63, 3.8) is 0 Å². The van der Waals surface area contributed by atoms with Crippen LogP contribution in [0.5, 0.6) is 11.6 Å². The van der Waals surface area contributed by atoms with Crippen LogP contribution in [-0.2, 0) is 0 Å². The highest BCUT2D eigenvalue weighted by molar-refractivity contribution is 5.52. The highest BCUT2D eigenvalue weighted by atomic mass is 16.5. The molecule has 0 spiro atoms. The first-order valence-corrected chi connectivity index (χ1v) is 4.75. The number of nitriles is 1. The minimum atomic E-state index is 0.121. The maximum absolute atomic E-state index is 8.64. The number of nitrogens with zero attached hydrogens (tertiary/aromatic N) is 3. The molecule has 0 aliphatic carbocycles. The molecule has 1 aromatic carbocycles. The van der Waals surface area contributed by atoms with Crippen molar-refractivity contribution >= 4 is 11.6 Å². The van der Waals surface area contributed by atoms with Gasteiger partial charge < -0.3 is 16.2 Å². The maximum atomic E-state index is 8.64. The van der Waals surface area contributed by atoms with Gasteiger partial charge in [-0.05, 0) is 24.3 Å². The Morgan fingerprint density at radius 3 is 2.41 bits per heavy atom. The highest BCUT2D eigenvalue weighted by Gasteiger charge is 2.03. The summed E-state index contributed by atoms with van der Waals surface area (Å²) in [5.41, 5.74) is 11.5. The summed E-state index contributed by atoms with van der Waals surface area (Å²) >= 11 is 0. The Balaban J connectivity index is 2.20. The van der Waals surface area contributed by atoms with Crippen LogP contribution >= 0.6 is 0 Å². The first-order chi connectivity index (χ1) is 8.19. The average molecular weight is 227 g/mol. The van der Waals surface area contributed by atoms with Crippen LogP contribution in [0.2, 0.25) is 0 Å². The van der Waals surface area contributed by atoms with Gasteiger partial charge >= 0.3 is 0 Å². The summed E-state index contributed by atoms with van der Waals surface area (Å²) in [6.07, 6.45) is 1.38. The van der Waals surface area contributed by atoms with E-state index in [0.717, 1.165) is 0 Å². The van der Waals surface area contributed by atoms with Crippen LogP contribution in [0.1, 0.15) is 5.56 Å². The van der Waals surface area contributed by atoms with Gasteiger partial charge in [0.15, 0.2) is 11.6 Å². The summed E-state index contributed by atoms with van der Waals surface area (Å²) in [7, 11) is 0. The molecule has 4 N–H and O–H groups in total. The van der Waals surface area contributed by atoms with E-state index in [2.05, 4.69) is 9.97 Å². The number of anilines is 2. The monoisotopic (exact) mass is 227 g/mol. The molecule has 0 atom stereocenters. The Hall–Kier alpha value is -2.81. The third kappa shape index (κ3) is 2.41. The van der Waals surface area contributed by atoms with Gasteiger partial charge in [-0.3, -0.25) is 0 Å². The molecule has 0 fully saturated rings. The van der Waals surface area contributed by atoms with Crippen molar-refractivity contribution in [3.8, 4) is 17.7 Å². The normalized spacial score (nSPS) is 9.59. The highest BCUT2D eigenvalue weighted by Crippen LogP contribution is 2.21. The second kappa shape index (κ2) is 4.37. The molecule has 0 bridgehead atoms. The minimum Gasteiger partial charge on any atom is -0.437 e. The Morgan fingerprint density at radius 2 is 1.82 bits per heavy atom. The van der Waals surface area contributed by atoms with E-state index < -0.39 is 0 Å². The number of hydrogen-bond donors (Lipinski definition) is 2. The summed E-state index contributed by atoms with van der Waals surface area (Å²) in [6.45, 7) is 0. The predicted molar refractivity (Wildman–Crippen MR) is 62.1 cm³/mol. The van der Waals surface area contributed by atoms with Crippen molar-refractivity contribution in [1.29, 1.82) is 5.26 Å². The molecule has 0 amide bonds. The van der Waals surface area contributed by atoms with E-state index in [4.69, 9.17) is 21.5 Å². The summed E-state index contributed by atoms with van der Waals surface area (Å²) in [5, 5.41) is 8.64. The van der Waals surface area contributed by atoms with E-state index in [1.165, 1.54) is 6.20 Å². The van der Waals surface area contributed by atoms with Crippen molar-refractivity contribution in [1.82, 2.24) is 9.97 Å². The third-order valence-corrected chi connectivity index (χ3v) is 2.01. The number of nitrogens with two attached hydrogens (primary N) is 2. The lowest BCUT2D eigenvalue weighted by molar-refractivity contribution is 0.461. The van der Waals surface area contributed by atoms with E-state index in [1.807, 2.05) is 6.07 Å². The number of ether oxygens (including phenoxy) is 1. The van der Waals surface area contributed by atoms with E-state index in [-0.39, 0.29) is 17.5 Å². The number of aromatic nitrogens is 2. The van der Waals surface area contributed by atoms with E-state index in [1.54, 1.807) is 24.3 Å². The van der Waals surface area contributed by atoms with E-state index >= 15 is 0 Å². The second-order valence-electron chi connectivity index (χ2n) is 3.22. The molecule has 2 rings (SSSR count). The topological polar surface area (TPSA) is 111 Å². The Kier molecular flexibility index (Phi) is 2.75. The van der Waals surface area contributed by atoms with E-state index in [9.17, 15) is 0 Å². The Labute approximate surface area is 97.5 Å². The Morgan fingerprint density at radius 1 is 1.12 bits per heavy atom. The molecule has 84 valence electrons. The van der Waals surface area contributed by atoms with Gasteiger partial charge in [-0.25, -0.2) is 4.98 Å². The molecule has 17 heavy (non-hydrogen) atoms. The fourth-order valence-electron chi connectivity index (χ4n) is 1.16. The largest absolute Gasteiger partial charge is 0.437 e. The molecule has 0 aliphatic heterocycles. The van der Waals surface area contributed by atoms with Gasteiger partial charge in [0, 0.05) is 0 Å². The van der Waals surface area contributed by atoms with Crippen molar-refractivity contribution in [3.05, 3.63) is 36.0 Å². The number of benzene rings is 1. The minimum absolute atomic E-state index is 0.121. The van der Waals surface area contributed by atoms with Gasteiger partial charge in [-0.15, -0.1) is 0 Å². The zero-order chi connectivity index (χ0) is 12.3. The number of nitrogen functional groups attached to an aromatic ring is 2. The molecular formula is C11H9N5O. The van der Waals surface area contributed by atoms with Gasteiger partial charge in [0.1, 0.15) is 5.75 Å². The van der Waals surface area contributed by atoms with Gasteiger partial charge in [0.05, 0.1) is 17.8 Å². The van der Waals surface area contributed by atoms with Crippen LogP contribution < -0.4 is 16.2 Å². The van der Waals surface area contributed by atoms with Crippen molar-refractivity contribution in [2.75, 3.05) is 11.5 Å². The number of rotatable bonds is 2. The van der Waals surface area contributed by atoms with Gasteiger partial charge in [-0.2, -0.15) is 10.2 Å². The van der Waals surface area contributed by atoms with Gasteiger partial charge in [0.2, 0.25) is 5.88 Å². The van der Waals surface area contributed by atoms with Crippen molar-refractivity contribution < 1.29 is 4.74 Å². The molecule has 6 nitrogen and oxygen atoms in total. The molecule has 2 aromatic rings. The molecule has 1 aromatic heterocycles. The first-order valence-electron chi connectivity index (χ1n) is 4.75. The summed E-state index contributed by atoms with van der Waals surface area (Å²) in [4.78, 5) is 7.74. The lowest BCUT2D eigenvalue weighted by Gasteiger charge is -2.05. The van der Waals surface area contributed by atoms with Crippen LogP contribution in [0.3, 0.4) is 0 Å². The molecule has 0 unspecified atom stereocenters. The van der Waals surface area contributed by atoms with Crippen molar-refractivity contribution in [2.24, 2.45) is 0 Å². The SMILES string of the molecule is N#Cc1ccc(Oc2cnc(N)c(N)n2)cc1. The molecule has 0 radical (unpaired) electrons. The average Bonchev–Trinajstić information content (AvgIpc) is 2.35. The third-order valence-electron chi connectivity index (χ3n) is 2.01. The van der Waals surface area contributed by atoms with Crippen LogP contribution in [0.25, 0.3) is 0 Å². The van der Waals surface area contributed by atoms with Crippen LogP contribution in [-0.4, -0.2) is 9.97 Å². The number of hydrogen-bond acceptors (Lipinski definition) is 6. The van der Waals surface area contributed by atoms with Gasteiger partial charge in [-0.1, -0.05) is 0 Å². The summed E-state index contributed by atoms with van der Waals surface area (Å²) in [6, 6.07) is 8.62. The van der Waals surface area contributed by atoms with Crippen molar-refractivity contribution in [2.45, 2.75) is 0 Å². The predicted octanol–water partition coefficient (Wildman–Crippen LogP) is 1.30. The molecule has 0 saturated carbocycles. The van der Waals surface area contributed by atoms with Crippen LogP contribution in [0.4, 0.5) is 11.6 Å². The lowest BCUT2D eigenvalue weighted by atomic mass is 10.2. The smallest absolute Gasteiger partial charge is 0.239 e. The second-order valence-corrected chi connectivity index (χ2v) is 3.22. The zero-order valence-corrected chi connectivity index (χ0v) is 8.79. The molecule has 6 heteroatoms. The van der Waals surface area contributed by atoms with E-state index in [0.29, 0.717) is 11.3 Å².